The highest BCUT2D eigenvalue weighted by Crippen LogP contribution is 2.45. The quantitative estimate of drug-likeness (QED) is 0.759. The highest BCUT2D eigenvalue weighted by atomic mass is 16.6. The van der Waals surface area contributed by atoms with Crippen molar-refractivity contribution in [3.05, 3.63) is 16.7 Å². The molecule has 1 aliphatic heterocycles. The van der Waals surface area contributed by atoms with E-state index in [1.807, 2.05) is 34.6 Å². The highest BCUT2D eigenvalue weighted by Gasteiger charge is 2.33. The molecule has 0 atom stereocenters. The Balaban J connectivity index is 2.61. The van der Waals surface area contributed by atoms with Gasteiger partial charge in [-0.2, -0.15) is 0 Å². The smallest absolute Gasteiger partial charge is 0.412 e. The largest absolute Gasteiger partial charge is 0.444 e. The number of amides is 3. The zero-order chi connectivity index (χ0) is 22.3. The summed E-state index contributed by atoms with van der Waals surface area (Å²) in [4.78, 5) is 39.0. The van der Waals surface area contributed by atoms with E-state index in [9.17, 15) is 14.4 Å². The lowest BCUT2D eigenvalue weighted by Gasteiger charge is -2.27. The molecule has 0 saturated heterocycles. The van der Waals surface area contributed by atoms with E-state index in [0.29, 0.717) is 29.9 Å². The maximum atomic E-state index is 12.7. The Morgan fingerprint density at radius 1 is 0.931 bits per heavy atom. The lowest BCUT2D eigenvalue weighted by Crippen LogP contribution is -2.31. The molecule has 0 aliphatic carbocycles. The van der Waals surface area contributed by atoms with Crippen LogP contribution in [0.1, 0.15) is 65.2 Å². The van der Waals surface area contributed by atoms with E-state index in [1.54, 1.807) is 25.7 Å². The van der Waals surface area contributed by atoms with E-state index in [-0.39, 0.29) is 11.8 Å². The zero-order valence-electron chi connectivity index (χ0n) is 19.0. The fourth-order valence-corrected chi connectivity index (χ4v) is 3.36. The van der Waals surface area contributed by atoms with Gasteiger partial charge in [0.2, 0.25) is 11.8 Å². The normalized spacial score (nSPS) is 13.8. The number of nitrogens with zero attached hydrogens (tertiary/aromatic N) is 1. The third kappa shape index (κ3) is 4.89. The van der Waals surface area contributed by atoms with Crippen molar-refractivity contribution in [2.75, 3.05) is 22.1 Å². The molecule has 2 N–H and O–H groups in total. The van der Waals surface area contributed by atoms with Gasteiger partial charge in [-0.05, 0) is 57.7 Å². The van der Waals surface area contributed by atoms with Gasteiger partial charge in [-0.3, -0.25) is 14.9 Å². The molecule has 0 bridgehead atoms. The van der Waals surface area contributed by atoms with Gasteiger partial charge in [0, 0.05) is 18.9 Å². The number of ether oxygens (including phenoxy) is 1. The molecule has 0 radical (unpaired) electrons. The minimum Gasteiger partial charge on any atom is -0.444 e. The number of nitrogens with one attached hydrogen (secondary N) is 2. The van der Waals surface area contributed by atoms with E-state index in [4.69, 9.17) is 4.74 Å². The van der Waals surface area contributed by atoms with E-state index in [0.717, 1.165) is 16.8 Å². The number of carbonyl (C=O) groups excluding carboxylic acids is 3. The van der Waals surface area contributed by atoms with E-state index >= 15 is 0 Å². The summed E-state index contributed by atoms with van der Waals surface area (Å²) in [6, 6.07) is 0. The Morgan fingerprint density at radius 2 is 1.52 bits per heavy atom. The summed E-state index contributed by atoms with van der Waals surface area (Å²) >= 11 is 0. The SMILES string of the molecule is CC(=O)N1CCc2c(C)c(NC(=O)OC(C)(C)C)c(C)c(NC(=O)C(C)(C)C)c21. The van der Waals surface area contributed by atoms with Crippen molar-refractivity contribution in [2.24, 2.45) is 5.41 Å². The minimum atomic E-state index is -0.628. The number of anilines is 3. The molecule has 160 valence electrons. The molecule has 1 aromatic carbocycles. The van der Waals surface area contributed by atoms with Crippen molar-refractivity contribution in [3.8, 4) is 0 Å². The van der Waals surface area contributed by atoms with Crippen molar-refractivity contribution in [1.82, 2.24) is 0 Å². The fourth-order valence-electron chi connectivity index (χ4n) is 3.36. The maximum absolute atomic E-state index is 12.7. The van der Waals surface area contributed by atoms with Crippen molar-refractivity contribution >= 4 is 35.0 Å². The van der Waals surface area contributed by atoms with Gasteiger partial charge in [0.05, 0.1) is 17.1 Å². The first kappa shape index (κ1) is 22.7. The molecule has 7 nitrogen and oxygen atoms in total. The summed E-state index contributed by atoms with van der Waals surface area (Å²) in [5, 5.41) is 5.84. The predicted octanol–water partition coefficient (Wildman–Crippen LogP) is 4.54. The van der Waals surface area contributed by atoms with Crippen molar-refractivity contribution in [1.29, 1.82) is 0 Å². The van der Waals surface area contributed by atoms with Gasteiger partial charge >= 0.3 is 6.09 Å². The molecule has 0 fully saturated rings. The highest BCUT2D eigenvalue weighted by molar-refractivity contribution is 6.07. The molecule has 0 saturated carbocycles. The van der Waals surface area contributed by atoms with Crippen LogP contribution in [0.3, 0.4) is 0 Å². The molecule has 0 unspecified atom stereocenters. The first-order chi connectivity index (χ1) is 13.1. The number of hydrogen-bond acceptors (Lipinski definition) is 4. The van der Waals surface area contributed by atoms with Crippen LogP contribution in [0.4, 0.5) is 21.9 Å². The second kappa shape index (κ2) is 7.69. The summed E-state index contributed by atoms with van der Waals surface area (Å²) < 4.78 is 5.40. The molecule has 0 spiro atoms. The molecule has 3 amide bonds. The number of rotatable bonds is 2. The number of benzene rings is 1. The van der Waals surface area contributed by atoms with Crippen molar-refractivity contribution in [2.45, 2.75) is 74.3 Å². The van der Waals surface area contributed by atoms with Crippen LogP contribution in [0, 0.1) is 19.3 Å². The molecule has 2 rings (SSSR count). The average molecular weight is 404 g/mol. The Kier molecular flexibility index (Phi) is 6.02. The molecular formula is C22H33N3O4. The van der Waals surface area contributed by atoms with Crippen LogP contribution >= 0.6 is 0 Å². The zero-order valence-corrected chi connectivity index (χ0v) is 19.0. The topological polar surface area (TPSA) is 87.7 Å². The second-order valence-corrected chi connectivity index (χ2v) is 9.58. The van der Waals surface area contributed by atoms with Crippen LogP contribution in [-0.4, -0.2) is 30.1 Å². The molecular weight excluding hydrogens is 370 g/mol. The molecule has 7 heteroatoms. The predicted molar refractivity (Wildman–Crippen MR) is 116 cm³/mol. The number of hydrogen-bond donors (Lipinski definition) is 2. The van der Waals surface area contributed by atoms with E-state index in [2.05, 4.69) is 10.6 Å². The van der Waals surface area contributed by atoms with Crippen LogP contribution in [0.15, 0.2) is 0 Å². The number of fused-ring (bicyclic) bond motifs is 1. The summed E-state index contributed by atoms with van der Waals surface area (Å²) in [5.41, 5.74) is 3.16. The Labute approximate surface area is 173 Å². The summed E-state index contributed by atoms with van der Waals surface area (Å²) in [7, 11) is 0. The van der Waals surface area contributed by atoms with Gasteiger partial charge in [-0.25, -0.2) is 4.79 Å². The minimum absolute atomic E-state index is 0.0818. The molecule has 29 heavy (non-hydrogen) atoms. The van der Waals surface area contributed by atoms with Gasteiger partial charge in [0.15, 0.2) is 0 Å². The van der Waals surface area contributed by atoms with Crippen LogP contribution in [0.2, 0.25) is 0 Å². The molecule has 1 aliphatic rings. The van der Waals surface area contributed by atoms with Crippen molar-refractivity contribution in [3.63, 3.8) is 0 Å². The van der Waals surface area contributed by atoms with Gasteiger partial charge in [-0.1, -0.05) is 20.8 Å². The molecule has 1 heterocycles. The molecule has 1 aromatic rings. The summed E-state index contributed by atoms with van der Waals surface area (Å²) in [5.74, 6) is -0.244. The van der Waals surface area contributed by atoms with Gasteiger partial charge in [-0.15, -0.1) is 0 Å². The van der Waals surface area contributed by atoms with Crippen LogP contribution in [-0.2, 0) is 20.7 Å². The lowest BCUT2D eigenvalue weighted by atomic mass is 9.93. The van der Waals surface area contributed by atoms with Gasteiger partial charge in [0.1, 0.15) is 5.60 Å². The average Bonchev–Trinajstić information content (AvgIpc) is 2.97. The molecule has 0 aromatic heterocycles. The Hall–Kier alpha value is -2.57. The second-order valence-electron chi connectivity index (χ2n) is 9.58. The summed E-state index contributed by atoms with van der Waals surface area (Å²) in [6.07, 6.45) is 0.0979. The lowest BCUT2D eigenvalue weighted by molar-refractivity contribution is -0.123. The Morgan fingerprint density at radius 3 is 2.00 bits per heavy atom. The first-order valence-corrected chi connectivity index (χ1v) is 9.89. The first-order valence-electron chi connectivity index (χ1n) is 9.89. The monoisotopic (exact) mass is 403 g/mol. The van der Waals surface area contributed by atoms with Crippen LogP contribution in [0.5, 0.6) is 0 Å². The van der Waals surface area contributed by atoms with Crippen molar-refractivity contribution < 1.29 is 19.1 Å². The van der Waals surface area contributed by atoms with Crippen LogP contribution in [0.25, 0.3) is 0 Å². The third-order valence-electron chi connectivity index (χ3n) is 4.88. The van der Waals surface area contributed by atoms with Crippen LogP contribution < -0.4 is 15.5 Å². The third-order valence-corrected chi connectivity index (χ3v) is 4.88. The van der Waals surface area contributed by atoms with Gasteiger partial charge < -0.3 is 15.0 Å². The fraction of sp³-hybridized carbons (Fsp3) is 0.591. The van der Waals surface area contributed by atoms with E-state index < -0.39 is 17.1 Å². The Bertz CT molecular complexity index is 861. The maximum Gasteiger partial charge on any atom is 0.412 e. The van der Waals surface area contributed by atoms with Gasteiger partial charge in [0.25, 0.3) is 0 Å². The number of carbonyl (C=O) groups is 3. The summed E-state index contributed by atoms with van der Waals surface area (Å²) in [6.45, 7) is 16.7. The van der Waals surface area contributed by atoms with E-state index in [1.165, 1.54) is 6.92 Å². The standard InChI is InChI=1S/C22H33N3O4/c1-12-15-10-11-25(14(3)26)18(15)17(23-19(27)21(4,5)6)13(2)16(12)24-20(28)29-22(7,8)9/h10-11H2,1-9H3,(H,23,27)(H,24,28).